The number of ketones is 2. The highest BCUT2D eigenvalue weighted by molar-refractivity contribution is 6.28. The Morgan fingerprint density at radius 2 is 1.17 bits per heavy atom. The smallest absolute Gasteiger partial charge is 0.194 e. The standard InChI is InChI=1S/C20H21NO2/c1-12(2)21(13(3)4)14-9-10-17-18(11-14)20(23)16-8-6-5-7-15(16)19(17)22/h5-13H,1-4H3. The molecule has 0 aliphatic heterocycles. The van der Waals surface area contributed by atoms with Crippen LogP contribution in [0.3, 0.4) is 0 Å². The van der Waals surface area contributed by atoms with Gasteiger partial charge in [-0.15, -0.1) is 0 Å². The Hall–Kier alpha value is -2.42. The van der Waals surface area contributed by atoms with Gasteiger partial charge in [-0.25, -0.2) is 0 Å². The predicted octanol–water partition coefficient (Wildman–Crippen LogP) is 4.09. The second kappa shape index (κ2) is 5.65. The van der Waals surface area contributed by atoms with Crippen LogP contribution < -0.4 is 4.90 Å². The first-order valence-corrected chi connectivity index (χ1v) is 8.02. The maximum Gasteiger partial charge on any atom is 0.194 e. The quantitative estimate of drug-likeness (QED) is 0.731. The lowest BCUT2D eigenvalue weighted by Crippen LogP contribution is -2.37. The molecule has 3 heteroatoms. The van der Waals surface area contributed by atoms with Gasteiger partial charge in [0, 0.05) is 40.0 Å². The molecule has 0 spiro atoms. The lowest BCUT2D eigenvalue weighted by atomic mass is 9.84. The molecular formula is C20H21NO2. The molecule has 0 fully saturated rings. The van der Waals surface area contributed by atoms with Crippen molar-refractivity contribution in [2.75, 3.05) is 4.90 Å². The van der Waals surface area contributed by atoms with Crippen molar-refractivity contribution >= 4 is 17.3 Å². The normalized spacial score (nSPS) is 13.3. The molecule has 0 atom stereocenters. The molecule has 2 aromatic rings. The van der Waals surface area contributed by atoms with Crippen LogP contribution in [0.5, 0.6) is 0 Å². The molecule has 23 heavy (non-hydrogen) atoms. The first-order valence-electron chi connectivity index (χ1n) is 8.02. The highest BCUT2D eigenvalue weighted by Gasteiger charge is 2.30. The van der Waals surface area contributed by atoms with Crippen molar-refractivity contribution in [3.8, 4) is 0 Å². The minimum atomic E-state index is -0.0672. The minimum Gasteiger partial charge on any atom is -0.367 e. The van der Waals surface area contributed by atoms with Crippen LogP contribution in [0.1, 0.15) is 59.5 Å². The van der Waals surface area contributed by atoms with Gasteiger partial charge in [0.15, 0.2) is 11.6 Å². The van der Waals surface area contributed by atoms with Gasteiger partial charge >= 0.3 is 0 Å². The monoisotopic (exact) mass is 307 g/mol. The van der Waals surface area contributed by atoms with E-state index in [0.29, 0.717) is 34.3 Å². The van der Waals surface area contributed by atoms with E-state index in [-0.39, 0.29) is 11.6 Å². The molecule has 1 aliphatic rings. The van der Waals surface area contributed by atoms with Crippen molar-refractivity contribution in [1.29, 1.82) is 0 Å². The maximum absolute atomic E-state index is 12.8. The molecular weight excluding hydrogens is 286 g/mol. The Balaban J connectivity index is 2.14. The number of nitrogens with zero attached hydrogens (tertiary/aromatic N) is 1. The predicted molar refractivity (Wildman–Crippen MR) is 92.5 cm³/mol. The largest absolute Gasteiger partial charge is 0.367 e. The van der Waals surface area contributed by atoms with E-state index in [4.69, 9.17) is 0 Å². The van der Waals surface area contributed by atoms with E-state index in [1.165, 1.54) is 0 Å². The van der Waals surface area contributed by atoms with E-state index in [9.17, 15) is 9.59 Å². The molecule has 118 valence electrons. The number of carbonyl (C=O) groups is 2. The number of rotatable bonds is 3. The van der Waals surface area contributed by atoms with Gasteiger partial charge in [0.1, 0.15) is 0 Å². The molecule has 2 aromatic carbocycles. The van der Waals surface area contributed by atoms with Crippen molar-refractivity contribution in [2.45, 2.75) is 39.8 Å². The van der Waals surface area contributed by atoms with E-state index in [1.807, 2.05) is 12.1 Å². The lowest BCUT2D eigenvalue weighted by Gasteiger charge is -2.34. The second-order valence-electron chi connectivity index (χ2n) is 6.53. The van der Waals surface area contributed by atoms with Crippen molar-refractivity contribution in [3.63, 3.8) is 0 Å². The van der Waals surface area contributed by atoms with Gasteiger partial charge in [-0.3, -0.25) is 9.59 Å². The van der Waals surface area contributed by atoms with Crippen molar-refractivity contribution in [1.82, 2.24) is 0 Å². The maximum atomic E-state index is 12.8. The molecule has 0 bridgehead atoms. The van der Waals surface area contributed by atoms with Gasteiger partial charge in [0.05, 0.1) is 0 Å². The number of fused-ring (bicyclic) bond motifs is 2. The molecule has 0 radical (unpaired) electrons. The number of benzene rings is 2. The molecule has 0 amide bonds. The molecule has 0 aromatic heterocycles. The van der Waals surface area contributed by atoms with Crippen molar-refractivity contribution in [2.24, 2.45) is 0 Å². The third kappa shape index (κ3) is 2.46. The van der Waals surface area contributed by atoms with Crippen LogP contribution in [0.25, 0.3) is 0 Å². The summed E-state index contributed by atoms with van der Waals surface area (Å²) in [5.74, 6) is -0.132. The minimum absolute atomic E-state index is 0.0653. The van der Waals surface area contributed by atoms with Crippen LogP contribution in [0.4, 0.5) is 5.69 Å². The zero-order chi connectivity index (χ0) is 16.7. The molecule has 3 nitrogen and oxygen atoms in total. The fraction of sp³-hybridized carbons (Fsp3) is 0.300. The zero-order valence-corrected chi connectivity index (χ0v) is 14.0. The van der Waals surface area contributed by atoms with E-state index < -0.39 is 0 Å². The summed E-state index contributed by atoms with van der Waals surface area (Å²) in [5, 5.41) is 0. The number of hydrogen-bond donors (Lipinski definition) is 0. The summed E-state index contributed by atoms with van der Waals surface area (Å²) in [5.41, 5.74) is 3.00. The Morgan fingerprint density at radius 1 is 0.696 bits per heavy atom. The fourth-order valence-electron chi connectivity index (χ4n) is 3.44. The van der Waals surface area contributed by atoms with Crippen LogP contribution in [-0.2, 0) is 0 Å². The van der Waals surface area contributed by atoms with E-state index in [0.717, 1.165) is 5.69 Å². The Labute approximate surface area is 136 Å². The summed E-state index contributed by atoms with van der Waals surface area (Å²) in [7, 11) is 0. The van der Waals surface area contributed by atoms with Gasteiger partial charge in [0.25, 0.3) is 0 Å². The zero-order valence-electron chi connectivity index (χ0n) is 14.0. The summed E-state index contributed by atoms with van der Waals surface area (Å²) >= 11 is 0. The van der Waals surface area contributed by atoms with Crippen LogP contribution in [0.15, 0.2) is 42.5 Å². The summed E-state index contributed by atoms with van der Waals surface area (Å²) in [6, 6.07) is 13.3. The van der Waals surface area contributed by atoms with Gasteiger partial charge in [-0.05, 0) is 45.9 Å². The lowest BCUT2D eigenvalue weighted by molar-refractivity contribution is 0.0979. The summed E-state index contributed by atoms with van der Waals surface area (Å²) in [6.45, 7) is 8.51. The van der Waals surface area contributed by atoms with Crippen molar-refractivity contribution in [3.05, 3.63) is 64.7 Å². The third-order valence-electron chi connectivity index (χ3n) is 4.32. The third-order valence-corrected chi connectivity index (χ3v) is 4.32. The highest BCUT2D eigenvalue weighted by atomic mass is 16.1. The summed E-state index contributed by atoms with van der Waals surface area (Å²) in [6.07, 6.45) is 0. The van der Waals surface area contributed by atoms with Gasteiger partial charge < -0.3 is 4.90 Å². The molecule has 0 saturated carbocycles. The second-order valence-corrected chi connectivity index (χ2v) is 6.53. The molecule has 0 saturated heterocycles. The summed E-state index contributed by atoms with van der Waals surface area (Å²) in [4.78, 5) is 27.7. The van der Waals surface area contributed by atoms with Crippen LogP contribution in [0.2, 0.25) is 0 Å². The first-order chi connectivity index (χ1) is 10.9. The molecule has 0 unspecified atom stereocenters. The summed E-state index contributed by atoms with van der Waals surface area (Å²) < 4.78 is 0. The average molecular weight is 307 g/mol. The van der Waals surface area contributed by atoms with Gasteiger partial charge in [-0.2, -0.15) is 0 Å². The van der Waals surface area contributed by atoms with Gasteiger partial charge in [0.2, 0.25) is 0 Å². The van der Waals surface area contributed by atoms with Crippen molar-refractivity contribution < 1.29 is 9.59 Å². The van der Waals surface area contributed by atoms with Crippen LogP contribution >= 0.6 is 0 Å². The van der Waals surface area contributed by atoms with E-state index in [1.54, 1.807) is 30.3 Å². The topological polar surface area (TPSA) is 37.4 Å². The molecule has 0 heterocycles. The number of carbonyl (C=O) groups excluding carboxylic acids is 2. The molecule has 3 rings (SSSR count). The fourth-order valence-corrected chi connectivity index (χ4v) is 3.44. The van der Waals surface area contributed by atoms with E-state index >= 15 is 0 Å². The SMILES string of the molecule is CC(C)N(c1ccc2c(c1)C(=O)c1ccccc1C2=O)C(C)C. The Morgan fingerprint density at radius 3 is 1.70 bits per heavy atom. The average Bonchev–Trinajstić information content (AvgIpc) is 2.52. The van der Waals surface area contributed by atoms with Gasteiger partial charge in [-0.1, -0.05) is 24.3 Å². The number of hydrogen-bond acceptors (Lipinski definition) is 3. The molecule has 1 aliphatic carbocycles. The van der Waals surface area contributed by atoms with E-state index in [2.05, 4.69) is 32.6 Å². The van der Waals surface area contributed by atoms with Crippen LogP contribution in [0, 0.1) is 0 Å². The molecule has 0 N–H and O–H groups in total. The highest BCUT2D eigenvalue weighted by Crippen LogP contribution is 2.31. The first kappa shape index (κ1) is 15.5. The number of anilines is 1. The Kier molecular flexibility index (Phi) is 3.80. The van der Waals surface area contributed by atoms with Crippen LogP contribution in [-0.4, -0.2) is 23.7 Å². The Bertz CT molecular complexity index is 782.